The zero-order chi connectivity index (χ0) is 13.7. The molecule has 0 aliphatic rings. The third kappa shape index (κ3) is 4.08. The number of nitrogens with zero attached hydrogens (tertiary/aromatic N) is 1. The Labute approximate surface area is 116 Å². The van der Waals surface area contributed by atoms with Gasteiger partial charge in [0.15, 0.2) is 0 Å². The van der Waals surface area contributed by atoms with E-state index in [0.29, 0.717) is 16.3 Å². The van der Waals surface area contributed by atoms with Crippen LogP contribution in [-0.2, 0) is 10.0 Å². The van der Waals surface area contributed by atoms with E-state index in [1.54, 1.807) is 36.4 Å². The molecule has 2 rings (SSSR count). The van der Waals surface area contributed by atoms with Crippen molar-refractivity contribution < 1.29 is 8.42 Å². The van der Waals surface area contributed by atoms with E-state index in [-0.39, 0.29) is 0 Å². The summed E-state index contributed by atoms with van der Waals surface area (Å²) in [6, 6.07) is 10.1. The van der Waals surface area contributed by atoms with Gasteiger partial charge in [-0.15, -0.1) is 0 Å². The van der Waals surface area contributed by atoms with Gasteiger partial charge in [-0.25, -0.2) is 8.42 Å². The van der Waals surface area contributed by atoms with Gasteiger partial charge >= 0.3 is 0 Å². The van der Waals surface area contributed by atoms with Gasteiger partial charge in [-0.2, -0.15) is 0 Å². The molecule has 98 valence electrons. The molecule has 1 aromatic carbocycles. The van der Waals surface area contributed by atoms with Crippen LogP contribution in [0.15, 0.2) is 54.2 Å². The van der Waals surface area contributed by atoms with Crippen LogP contribution in [0.25, 0.3) is 6.08 Å². The minimum atomic E-state index is -3.57. The van der Waals surface area contributed by atoms with Crippen LogP contribution in [0.4, 0.5) is 5.69 Å². The Morgan fingerprint density at radius 2 is 1.79 bits per heavy atom. The SMILES string of the molecule is O=S(=O)(/C=C/c1ccccc1Cl)Nc1ccncc1. The first-order valence-electron chi connectivity index (χ1n) is 5.42. The predicted octanol–water partition coefficient (Wildman–Crippen LogP) is 3.15. The van der Waals surface area contributed by atoms with Gasteiger partial charge in [0.25, 0.3) is 10.0 Å². The second-order valence-electron chi connectivity index (χ2n) is 3.71. The van der Waals surface area contributed by atoms with E-state index in [0.717, 1.165) is 5.41 Å². The zero-order valence-corrected chi connectivity index (χ0v) is 11.4. The molecule has 0 spiro atoms. The lowest BCUT2D eigenvalue weighted by Crippen LogP contribution is -2.08. The second kappa shape index (κ2) is 5.86. The Kier molecular flexibility index (Phi) is 4.19. The van der Waals surface area contributed by atoms with Crippen LogP contribution >= 0.6 is 11.6 Å². The van der Waals surface area contributed by atoms with Gasteiger partial charge in [-0.05, 0) is 29.8 Å². The molecule has 2 aromatic rings. The normalized spacial score (nSPS) is 11.6. The summed E-state index contributed by atoms with van der Waals surface area (Å²) in [5.74, 6) is 0. The molecule has 1 heterocycles. The lowest BCUT2D eigenvalue weighted by atomic mass is 10.2. The molecule has 0 amide bonds. The molecule has 1 N–H and O–H groups in total. The van der Waals surface area contributed by atoms with Crippen molar-refractivity contribution in [2.45, 2.75) is 0 Å². The van der Waals surface area contributed by atoms with Crippen molar-refractivity contribution >= 4 is 33.4 Å². The van der Waals surface area contributed by atoms with Crippen LogP contribution in [0.3, 0.4) is 0 Å². The van der Waals surface area contributed by atoms with E-state index in [9.17, 15) is 8.42 Å². The van der Waals surface area contributed by atoms with Crippen molar-refractivity contribution in [2.75, 3.05) is 4.72 Å². The number of hydrogen-bond acceptors (Lipinski definition) is 3. The van der Waals surface area contributed by atoms with Crippen LogP contribution in [-0.4, -0.2) is 13.4 Å². The molecule has 6 heteroatoms. The number of nitrogens with one attached hydrogen (secondary N) is 1. The molecule has 0 unspecified atom stereocenters. The summed E-state index contributed by atoms with van der Waals surface area (Å²) in [7, 11) is -3.57. The highest BCUT2D eigenvalue weighted by Gasteiger charge is 2.05. The van der Waals surface area contributed by atoms with Gasteiger partial charge in [0.05, 0.1) is 11.1 Å². The molecular formula is C13H11ClN2O2S. The maximum absolute atomic E-state index is 11.8. The van der Waals surface area contributed by atoms with Crippen LogP contribution < -0.4 is 4.72 Å². The first-order valence-corrected chi connectivity index (χ1v) is 7.35. The van der Waals surface area contributed by atoms with Crippen molar-refractivity contribution in [1.82, 2.24) is 4.98 Å². The van der Waals surface area contributed by atoms with Crippen molar-refractivity contribution in [1.29, 1.82) is 0 Å². The molecular weight excluding hydrogens is 284 g/mol. The number of rotatable bonds is 4. The molecule has 0 saturated carbocycles. The molecule has 4 nitrogen and oxygen atoms in total. The molecule has 0 radical (unpaired) electrons. The average molecular weight is 295 g/mol. The molecule has 0 saturated heterocycles. The van der Waals surface area contributed by atoms with Gasteiger partial charge in [0, 0.05) is 17.4 Å². The first kappa shape index (κ1) is 13.6. The van der Waals surface area contributed by atoms with E-state index in [2.05, 4.69) is 9.71 Å². The molecule has 1 aromatic heterocycles. The lowest BCUT2D eigenvalue weighted by molar-refractivity contribution is 0.609. The molecule has 0 bridgehead atoms. The zero-order valence-electron chi connectivity index (χ0n) is 9.82. The monoisotopic (exact) mass is 294 g/mol. The Morgan fingerprint density at radius 1 is 1.11 bits per heavy atom. The van der Waals surface area contributed by atoms with Gasteiger partial charge in [0.2, 0.25) is 0 Å². The predicted molar refractivity (Wildman–Crippen MR) is 77.3 cm³/mol. The minimum Gasteiger partial charge on any atom is -0.280 e. The number of sulfonamides is 1. The number of pyridine rings is 1. The Balaban J connectivity index is 2.16. The van der Waals surface area contributed by atoms with Crippen LogP contribution in [0.2, 0.25) is 5.02 Å². The Morgan fingerprint density at radius 3 is 2.47 bits per heavy atom. The molecule has 0 aliphatic carbocycles. The topological polar surface area (TPSA) is 59.1 Å². The fourth-order valence-corrected chi connectivity index (χ4v) is 2.45. The quantitative estimate of drug-likeness (QED) is 0.942. The van der Waals surface area contributed by atoms with Crippen LogP contribution in [0.5, 0.6) is 0 Å². The fraction of sp³-hybridized carbons (Fsp3) is 0. The Hall–Kier alpha value is -1.85. The van der Waals surface area contributed by atoms with E-state index in [4.69, 9.17) is 11.6 Å². The highest BCUT2D eigenvalue weighted by atomic mass is 35.5. The smallest absolute Gasteiger partial charge is 0.255 e. The van der Waals surface area contributed by atoms with Gasteiger partial charge < -0.3 is 0 Å². The number of hydrogen-bond donors (Lipinski definition) is 1. The summed E-state index contributed by atoms with van der Waals surface area (Å²) in [4.78, 5) is 3.81. The van der Waals surface area contributed by atoms with Crippen LogP contribution in [0, 0.1) is 0 Å². The maximum Gasteiger partial charge on any atom is 0.255 e. The van der Waals surface area contributed by atoms with E-state index in [1.807, 2.05) is 0 Å². The summed E-state index contributed by atoms with van der Waals surface area (Å²) in [6.07, 6.45) is 4.47. The standard InChI is InChI=1S/C13H11ClN2O2S/c14-13-4-2-1-3-11(13)7-10-19(17,18)16-12-5-8-15-9-6-12/h1-10H,(H,15,16)/b10-7+. The summed E-state index contributed by atoms with van der Waals surface area (Å²) in [5.41, 5.74) is 1.10. The fourth-order valence-electron chi connectivity index (χ4n) is 1.39. The highest BCUT2D eigenvalue weighted by Crippen LogP contribution is 2.17. The minimum absolute atomic E-state index is 0.457. The van der Waals surface area contributed by atoms with E-state index in [1.165, 1.54) is 18.5 Å². The summed E-state index contributed by atoms with van der Waals surface area (Å²) in [6.45, 7) is 0. The molecule has 0 atom stereocenters. The highest BCUT2D eigenvalue weighted by molar-refractivity contribution is 7.95. The third-order valence-corrected chi connectivity index (χ3v) is 3.63. The van der Waals surface area contributed by atoms with Crippen molar-refractivity contribution in [3.8, 4) is 0 Å². The molecule has 19 heavy (non-hydrogen) atoms. The summed E-state index contributed by atoms with van der Waals surface area (Å²) < 4.78 is 26.1. The second-order valence-corrected chi connectivity index (χ2v) is 5.68. The summed E-state index contributed by atoms with van der Waals surface area (Å²) >= 11 is 5.94. The van der Waals surface area contributed by atoms with Crippen molar-refractivity contribution in [2.24, 2.45) is 0 Å². The Bertz CT molecular complexity index is 685. The average Bonchev–Trinajstić information content (AvgIpc) is 2.38. The molecule has 0 fully saturated rings. The maximum atomic E-state index is 11.8. The van der Waals surface area contributed by atoms with Gasteiger partial charge in [-0.3, -0.25) is 9.71 Å². The number of halogens is 1. The number of aromatic nitrogens is 1. The van der Waals surface area contributed by atoms with E-state index >= 15 is 0 Å². The van der Waals surface area contributed by atoms with Crippen molar-refractivity contribution in [3.63, 3.8) is 0 Å². The number of anilines is 1. The van der Waals surface area contributed by atoms with Crippen molar-refractivity contribution in [3.05, 3.63) is 64.8 Å². The summed E-state index contributed by atoms with van der Waals surface area (Å²) in [5, 5.41) is 1.58. The van der Waals surface area contributed by atoms with Crippen LogP contribution in [0.1, 0.15) is 5.56 Å². The first-order chi connectivity index (χ1) is 9.07. The van der Waals surface area contributed by atoms with Gasteiger partial charge in [0.1, 0.15) is 0 Å². The largest absolute Gasteiger partial charge is 0.280 e. The molecule has 0 aliphatic heterocycles. The van der Waals surface area contributed by atoms with E-state index < -0.39 is 10.0 Å². The third-order valence-electron chi connectivity index (χ3n) is 2.27. The number of benzene rings is 1. The lowest BCUT2D eigenvalue weighted by Gasteiger charge is -2.03. The van der Waals surface area contributed by atoms with Gasteiger partial charge in [-0.1, -0.05) is 29.8 Å².